The molecule has 0 saturated carbocycles. The quantitative estimate of drug-likeness (QED) is 0.500. The third kappa shape index (κ3) is 10.0. The SMILES string of the molecule is CCC(=O)OC(C)(C)OC(=O)NCC(CC(=O)O)CC(C)C. The van der Waals surface area contributed by atoms with Crippen LogP contribution in [0, 0.1) is 11.8 Å². The van der Waals surface area contributed by atoms with Crippen LogP contribution in [0.1, 0.15) is 53.9 Å². The molecule has 0 aliphatic heterocycles. The Bertz CT molecular complexity index is 391. The number of carbonyl (C=O) groups is 3. The molecular formula is C15H27NO6. The highest BCUT2D eigenvalue weighted by Crippen LogP contribution is 2.16. The van der Waals surface area contributed by atoms with E-state index in [1.807, 2.05) is 13.8 Å². The van der Waals surface area contributed by atoms with Gasteiger partial charge < -0.3 is 19.9 Å². The van der Waals surface area contributed by atoms with E-state index >= 15 is 0 Å². The van der Waals surface area contributed by atoms with Crippen molar-refractivity contribution in [1.29, 1.82) is 0 Å². The topological polar surface area (TPSA) is 102 Å². The number of amides is 1. The molecule has 0 radical (unpaired) electrons. The first-order valence-corrected chi connectivity index (χ1v) is 7.46. The Labute approximate surface area is 131 Å². The Kier molecular flexibility index (Phi) is 8.52. The summed E-state index contributed by atoms with van der Waals surface area (Å²) in [6, 6.07) is 0. The number of carbonyl (C=O) groups excluding carboxylic acids is 2. The first-order valence-electron chi connectivity index (χ1n) is 7.46. The highest BCUT2D eigenvalue weighted by atomic mass is 16.7. The lowest BCUT2D eigenvalue weighted by atomic mass is 9.94. The van der Waals surface area contributed by atoms with E-state index in [2.05, 4.69) is 5.32 Å². The van der Waals surface area contributed by atoms with E-state index in [0.717, 1.165) is 0 Å². The number of rotatable bonds is 9. The Morgan fingerprint density at radius 1 is 1.18 bits per heavy atom. The lowest BCUT2D eigenvalue weighted by Crippen LogP contribution is -2.40. The molecule has 0 fully saturated rings. The van der Waals surface area contributed by atoms with Crippen molar-refractivity contribution >= 4 is 18.0 Å². The van der Waals surface area contributed by atoms with Crippen molar-refractivity contribution in [2.24, 2.45) is 11.8 Å². The molecule has 0 spiro atoms. The van der Waals surface area contributed by atoms with E-state index in [1.54, 1.807) is 6.92 Å². The first kappa shape index (κ1) is 20.2. The van der Waals surface area contributed by atoms with Gasteiger partial charge in [-0.25, -0.2) is 4.79 Å². The molecule has 0 aromatic carbocycles. The van der Waals surface area contributed by atoms with Gasteiger partial charge in [0.15, 0.2) is 0 Å². The van der Waals surface area contributed by atoms with Crippen LogP contribution in [0.2, 0.25) is 0 Å². The normalized spacial score (nSPS) is 12.6. The molecule has 2 N–H and O–H groups in total. The summed E-state index contributed by atoms with van der Waals surface area (Å²) >= 11 is 0. The first-order chi connectivity index (χ1) is 10.1. The maximum Gasteiger partial charge on any atom is 0.410 e. The number of ether oxygens (including phenoxy) is 2. The molecule has 0 aliphatic carbocycles. The van der Waals surface area contributed by atoms with Crippen molar-refractivity contribution in [2.45, 2.75) is 59.7 Å². The summed E-state index contributed by atoms with van der Waals surface area (Å²) in [5, 5.41) is 11.4. The van der Waals surface area contributed by atoms with Crippen molar-refractivity contribution in [1.82, 2.24) is 5.32 Å². The third-order valence-corrected chi connectivity index (χ3v) is 2.79. The molecule has 0 aliphatic rings. The molecule has 0 aromatic heterocycles. The fourth-order valence-electron chi connectivity index (χ4n) is 2.01. The van der Waals surface area contributed by atoms with Gasteiger partial charge in [-0.2, -0.15) is 0 Å². The molecular weight excluding hydrogens is 290 g/mol. The van der Waals surface area contributed by atoms with Crippen molar-refractivity contribution in [3.8, 4) is 0 Å². The number of hydrogen-bond acceptors (Lipinski definition) is 5. The second-order valence-electron chi connectivity index (χ2n) is 6.09. The van der Waals surface area contributed by atoms with Gasteiger partial charge in [-0.05, 0) is 18.3 Å². The van der Waals surface area contributed by atoms with E-state index in [4.69, 9.17) is 14.6 Å². The Morgan fingerprint density at radius 2 is 1.77 bits per heavy atom. The molecule has 0 saturated heterocycles. The van der Waals surface area contributed by atoms with Gasteiger partial charge in [0.25, 0.3) is 5.79 Å². The highest BCUT2D eigenvalue weighted by molar-refractivity contribution is 5.71. The zero-order valence-electron chi connectivity index (χ0n) is 14.0. The molecule has 22 heavy (non-hydrogen) atoms. The van der Waals surface area contributed by atoms with E-state index < -0.39 is 23.8 Å². The molecule has 0 rings (SSSR count). The molecule has 1 atom stereocenters. The fraction of sp³-hybridized carbons (Fsp3) is 0.800. The van der Waals surface area contributed by atoms with Crippen LogP contribution in [0.4, 0.5) is 4.79 Å². The van der Waals surface area contributed by atoms with Gasteiger partial charge in [-0.1, -0.05) is 20.8 Å². The summed E-state index contributed by atoms with van der Waals surface area (Å²) in [6.07, 6.45) is 0.102. The van der Waals surface area contributed by atoms with Gasteiger partial charge in [0.05, 0.1) is 0 Å². The number of carboxylic acid groups (broad SMARTS) is 1. The van der Waals surface area contributed by atoms with Gasteiger partial charge in [0.2, 0.25) is 0 Å². The summed E-state index contributed by atoms with van der Waals surface area (Å²) in [5.74, 6) is -2.59. The number of esters is 1. The zero-order valence-corrected chi connectivity index (χ0v) is 14.0. The Balaban J connectivity index is 4.38. The maximum absolute atomic E-state index is 11.7. The number of alkyl carbamates (subject to hydrolysis) is 1. The predicted octanol–water partition coefficient (Wildman–Crippen LogP) is 2.54. The molecule has 0 aromatic rings. The van der Waals surface area contributed by atoms with Gasteiger partial charge >= 0.3 is 18.0 Å². The summed E-state index contributed by atoms with van der Waals surface area (Å²) in [6.45, 7) is 8.73. The van der Waals surface area contributed by atoms with Crippen LogP contribution in [0.15, 0.2) is 0 Å². The molecule has 128 valence electrons. The van der Waals surface area contributed by atoms with Gasteiger partial charge in [0, 0.05) is 33.2 Å². The minimum absolute atomic E-state index is 0.0212. The van der Waals surface area contributed by atoms with Crippen LogP contribution in [0.5, 0.6) is 0 Å². The molecule has 7 heteroatoms. The van der Waals surface area contributed by atoms with Gasteiger partial charge in [-0.15, -0.1) is 0 Å². The van der Waals surface area contributed by atoms with Crippen molar-refractivity contribution < 1.29 is 29.0 Å². The van der Waals surface area contributed by atoms with Crippen molar-refractivity contribution in [3.63, 3.8) is 0 Å². The molecule has 0 bridgehead atoms. The molecule has 7 nitrogen and oxygen atoms in total. The van der Waals surface area contributed by atoms with Crippen LogP contribution >= 0.6 is 0 Å². The number of carboxylic acids is 1. The van der Waals surface area contributed by atoms with Crippen LogP contribution in [0.3, 0.4) is 0 Å². The smallest absolute Gasteiger partial charge is 0.410 e. The second kappa shape index (κ2) is 9.27. The van der Waals surface area contributed by atoms with Crippen molar-refractivity contribution in [3.05, 3.63) is 0 Å². The van der Waals surface area contributed by atoms with E-state index in [1.165, 1.54) is 13.8 Å². The zero-order chi connectivity index (χ0) is 17.3. The number of hydrogen-bond donors (Lipinski definition) is 2. The molecule has 0 heterocycles. The third-order valence-electron chi connectivity index (χ3n) is 2.79. The highest BCUT2D eigenvalue weighted by Gasteiger charge is 2.27. The molecule has 1 amide bonds. The van der Waals surface area contributed by atoms with Gasteiger partial charge in [-0.3, -0.25) is 9.59 Å². The Morgan fingerprint density at radius 3 is 2.23 bits per heavy atom. The summed E-state index contributed by atoms with van der Waals surface area (Å²) in [4.78, 5) is 33.8. The van der Waals surface area contributed by atoms with Crippen LogP contribution in [0.25, 0.3) is 0 Å². The van der Waals surface area contributed by atoms with E-state index in [0.29, 0.717) is 12.3 Å². The monoisotopic (exact) mass is 317 g/mol. The Hall–Kier alpha value is -1.79. The minimum Gasteiger partial charge on any atom is -0.481 e. The average Bonchev–Trinajstić information content (AvgIpc) is 2.33. The predicted molar refractivity (Wildman–Crippen MR) is 80.1 cm³/mol. The van der Waals surface area contributed by atoms with E-state index in [9.17, 15) is 14.4 Å². The van der Waals surface area contributed by atoms with Crippen molar-refractivity contribution in [2.75, 3.05) is 6.54 Å². The number of aliphatic carboxylic acids is 1. The summed E-state index contributed by atoms with van der Waals surface area (Å²) in [7, 11) is 0. The lowest BCUT2D eigenvalue weighted by Gasteiger charge is -2.25. The summed E-state index contributed by atoms with van der Waals surface area (Å²) in [5.41, 5.74) is 0. The minimum atomic E-state index is -1.36. The number of nitrogens with one attached hydrogen (secondary N) is 1. The standard InChI is InChI=1S/C15H27NO6/c1-6-13(19)21-15(4,5)22-14(20)16-9-11(7-10(2)3)8-12(17)18/h10-11H,6-9H2,1-5H3,(H,16,20)(H,17,18). The van der Waals surface area contributed by atoms with Crippen LogP contribution in [-0.4, -0.2) is 35.5 Å². The second-order valence-corrected chi connectivity index (χ2v) is 6.09. The lowest BCUT2D eigenvalue weighted by molar-refractivity contribution is -0.194. The largest absolute Gasteiger partial charge is 0.481 e. The maximum atomic E-state index is 11.7. The van der Waals surface area contributed by atoms with E-state index in [-0.39, 0.29) is 25.3 Å². The fourth-order valence-corrected chi connectivity index (χ4v) is 2.01. The molecule has 1 unspecified atom stereocenters. The van der Waals surface area contributed by atoms with Crippen LogP contribution in [-0.2, 0) is 19.1 Å². The summed E-state index contributed by atoms with van der Waals surface area (Å²) < 4.78 is 10.0. The van der Waals surface area contributed by atoms with Crippen LogP contribution < -0.4 is 5.32 Å². The average molecular weight is 317 g/mol. The van der Waals surface area contributed by atoms with Gasteiger partial charge in [0.1, 0.15) is 0 Å².